The highest BCUT2D eigenvalue weighted by atomic mass is 32.2. The molecule has 1 heterocycles. The van der Waals surface area contributed by atoms with Gasteiger partial charge in [-0.3, -0.25) is 9.78 Å². The first-order chi connectivity index (χ1) is 16.4. The average Bonchev–Trinajstić information content (AvgIpc) is 2.86. The van der Waals surface area contributed by atoms with Gasteiger partial charge in [0.1, 0.15) is 6.61 Å². The van der Waals surface area contributed by atoms with Gasteiger partial charge in [-0.15, -0.1) is 0 Å². The molecule has 0 bridgehead atoms. The summed E-state index contributed by atoms with van der Waals surface area (Å²) in [5, 5.41) is 2.82. The van der Waals surface area contributed by atoms with Gasteiger partial charge in [0.25, 0.3) is 0 Å². The number of hydrogen-bond acceptors (Lipinski definition) is 6. The maximum Gasteiger partial charge on any atom is 0.244 e. The summed E-state index contributed by atoms with van der Waals surface area (Å²) in [4.78, 5) is 16.4. The molecule has 8 nitrogen and oxygen atoms in total. The first-order valence-corrected chi connectivity index (χ1v) is 12.1. The second kappa shape index (κ2) is 12.0. The Hall–Kier alpha value is -3.69. The van der Waals surface area contributed by atoms with E-state index in [-0.39, 0.29) is 10.8 Å². The van der Waals surface area contributed by atoms with Crippen LogP contribution in [0.1, 0.15) is 23.6 Å². The summed E-state index contributed by atoms with van der Waals surface area (Å²) in [6, 6.07) is 15.5. The summed E-state index contributed by atoms with van der Waals surface area (Å²) in [5.41, 5.74) is 2.56. The van der Waals surface area contributed by atoms with Crippen LogP contribution in [0.3, 0.4) is 0 Å². The Kier molecular flexibility index (Phi) is 8.78. The highest BCUT2D eigenvalue weighted by Gasteiger charge is 2.11. The van der Waals surface area contributed by atoms with E-state index in [0.29, 0.717) is 36.8 Å². The van der Waals surface area contributed by atoms with E-state index in [2.05, 4.69) is 15.0 Å². The molecular weight excluding hydrogens is 454 g/mol. The number of carbonyl (C=O) groups excluding carboxylic acids is 1. The van der Waals surface area contributed by atoms with Crippen LogP contribution in [0, 0.1) is 0 Å². The number of amides is 1. The third-order valence-electron chi connectivity index (χ3n) is 4.79. The van der Waals surface area contributed by atoms with Crippen molar-refractivity contribution in [3.8, 4) is 11.5 Å². The molecule has 0 aliphatic heterocycles. The Morgan fingerprint density at radius 3 is 2.41 bits per heavy atom. The van der Waals surface area contributed by atoms with Crippen LogP contribution in [-0.2, 0) is 28.0 Å². The minimum Gasteiger partial charge on any atom is -0.493 e. The van der Waals surface area contributed by atoms with Crippen LogP contribution in [0.15, 0.2) is 78.0 Å². The summed E-state index contributed by atoms with van der Waals surface area (Å²) < 4.78 is 37.7. The molecule has 0 spiro atoms. The molecule has 0 saturated heterocycles. The van der Waals surface area contributed by atoms with Crippen molar-refractivity contribution in [3.05, 3.63) is 89.8 Å². The number of nitrogens with one attached hydrogen (secondary N) is 2. The lowest BCUT2D eigenvalue weighted by Crippen LogP contribution is -2.23. The first-order valence-electron chi connectivity index (χ1n) is 10.7. The SMILES string of the molecule is CCNS(=O)(=O)c1ccc(C=CC(=O)NCc2ccc(OCc3ccncc3)c(OC)c2)cc1. The standard InChI is InChI=1S/C25H27N3O5S/c1-3-28-34(30,31)22-8-4-19(5-9-22)7-11-25(29)27-17-21-6-10-23(24(16-21)32-2)33-18-20-12-14-26-15-13-20/h4-16,28H,3,17-18H2,1-2H3,(H,27,29). The van der Waals surface area contributed by atoms with Crippen LogP contribution < -0.4 is 19.5 Å². The minimum absolute atomic E-state index is 0.179. The summed E-state index contributed by atoms with van der Waals surface area (Å²) in [6.45, 7) is 2.73. The van der Waals surface area contributed by atoms with Gasteiger partial charge in [0.2, 0.25) is 15.9 Å². The van der Waals surface area contributed by atoms with E-state index < -0.39 is 10.0 Å². The molecule has 2 aromatic carbocycles. The van der Waals surface area contributed by atoms with Crippen molar-refractivity contribution in [1.82, 2.24) is 15.0 Å². The Morgan fingerprint density at radius 1 is 1.00 bits per heavy atom. The predicted octanol–water partition coefficient (Wildman–Crippen LogP) is 3.30. The Balaban J connectivity index is 1.54. The van der Waals surface area contributed by atoms with E-state index in [1.54, 1.807) is 50.7 Å². The topological polar surface area (TPSA) is 107 Å². The van der Waals surface area contributed by atoms with Crippen molar-refractivity contribution >= 4 is 22.0 Å². The number of rotatable bonds is 11. The Labute approximate surface area is 199 Å². The normalized spacial score (nSPS) is 11.4. The van der Waals surface area contributed by atoms with Crippen LogP contribution in [0.5, 0.6) is 11.5 Å². The highest BCUT2D eigenvalue weighted by molar-refractivity contribution is 7.89. The summed E-state index contributed by atoms with van der Waals surface area (Å²) in [5.74, 6) is 0.902. The van der Waals surface area contributed by atoms with Gasteiger partial charge in [-0.05, 0) is 59.2 Å². The molecule has 9 heteroatoms. The van der Waals surface area contributed by atoms with Gasteiger partial charge >= 0.3 is 0 Å². The molecule has 1 aromatic heterocycles. The molecule has 0 fully saturated rings. The van der Waals surface area contributed by atoms with Crippen LogP contribution in [0.25, 0.3) is 6.08 Å². The zero-order valence-electron chi connectivity index (χ0n) is 19.0. The maximum atomic E-state index is 12.2. The fourth-order valence-electron chi connectivity index (χ4n) is 3.03. The van der Waals surface area contributed by atoms with Crippen molar-refractivity contribution in [1.29, 1.82) is 0 Å². The van der Waals surface area contributed by atoms with Gasteiger partial charge in [0.05, 0.1) is 12.0 Å². The van der Waals surface area contributed by atoms with Gasteiger partial charge in [0.15, 0.2) is 11.5 Å². The monoisotopic (exact) mass is 481 g/mol. The second-order valence-corrected chi connectivity index (χ2v) is 9.02. The summed E-state index contributed by atoms with van der Waals surface area (Å²) in [6.07, 6.45) is 6.44. The Morgan fingerprint density at radius 2 is 1.74 bits per heavy atom. The molecule has 0 radical (unpaired) electrons. The third kappa shape index (κ3) is 7.16. The number of hydrogen-bond donors (Lipinski definition) is 2. The van der Waals surface area contributed by atoms with Gasteiger partial charge in [-0.1, -0.05) is 25.1 Å². The molecule has 0 aliphatic rings. The van der Waals surface area contributed by atoms with Crippen LogP contribution >= 0.6 is 0 Å². The van der Waals surface area contributed by atoms with E-state index in [4.69, 9.17) is 9.47 Å². The molecule has 0 atom stereocenters. The number of ether oxygens (including phenoxy) is 2. The fraction of sp³-hybridized carbons (Fsp3) is 0.200. The molecule has 1 amide bonds. The number of methoxy groups -OCH3 is 1. The quantitative estimate of drug-likeness (QED) is 0.407. The zero-order chi connectivity index (χ0) is 24.4. The zero-order valence-corrected chi connectivity index (χ0v) is 19.8. The maximum absolute atomic E-state index is 12.2. The van der Waals surface area contributed by atoms with Crippen molar-refractivity contribution in [2.45, 2.75) is 25.0 Å². The van der Waals surface area contributed by atoms with E-state index in [1.807, 2.05) is 24.3 Å². The second-order valence-electron chi connectivity index (χ2n) is 7.25. The lowest BCUT2D eigenvalue weighted by Gasteiger charge is -2.12. The third-order valence-corrected chi connectivity index (χ3v) is 6.35. The number of sulfonamides is 1. The first kappa shape index (κ1) is 24.9. The molecule has 2 N–H and O–H groups in total. The molecule has 0 aliphatic carbocycles. The van der Waals surface area contributed by atoms with Crippen molar-refractivity contribution in [2.24, 2.45) is 0 Å². The minimum atomic E-state index is -3.50. The molecule has 3 rings (SSSR count). The molecule has 3 aromatic rings. The van der Waals surface area contributed by atoms with Gasteiger partial charge < -0.3 is 14.8 Å². The number of nitrogens with zero attached hydrogens (tertiary/aromatic N) is 1. The molecule has 0 saturated carbocycles. The highest BCUT2D eigenvalue weighted by Crippen LogP contribution is 2.28. The van der Waals surface area contributed by atoms with Crippen molar-refractivity contribution < 1.29 is 22.7 Å². The van der Waals surface area contributed by atoms with E-state index >= 15 is 0 Å². The summed E-state index contributed by atoms with van der Waals surface area (Å²) >= 11 is 0. The predicted molar refractivity (Wildman–Crippen MR) is 130 cm³/mol. The lowest BCUT2D eigenvalue weighted by atomic mass is 10.2. The van der Waals surface area contributed by atoms with Gasteiger partial charge in [0, 0.05) is 31.6 Å². The van der Waals surface area contributed by atoms with Crippen LogP contribution in [0.4, 0.5) is 0 Å². The summed E-state index contributed by atoms with van der Waals surface area (Å²) in [7, 11) is -1.94. The number of aromatic nitrogens is 1. The molecule has 178 valence electrons. The Bertz CT molecular complexity index is 1230. The average molecular weight is 482 g/mol. The molecular formula is C25H27N3O5S. The van der Waals surface area contributed by atoms with E-state index in [0.717, 1.165) is 11.1 Å². The smallest absolute Gasteiger partial charge is 0.244 e. The van der Waals surface area contributed by atoms with Crippen LogP contribution in [0.2, 0.25) is 0 Å². The largest absolute Gasteiger partial charge is 0.493 e. The van der Waals surface area contributed by atoms with Gasteiger partial charge in [-0.25, -0.2) is 13.1 Å². The number of carbonyl (C=O) groups is 1. The number of pyridine rings is 1. The lowest BCUT2D eigenvalue weighted by molar-refractivity contribution is -0.116. The van der Waals surface area contributed by atoms with Crippen molar-refractivity contribution in [3.63, 3.8) is 0 Å². The fourth-order valence-corrected chi connectivity index (χ4v) is 4.07. The van der Waals surface area contributed by atoms with Crippen molar-refractivity contribution in [2.75, 3.05) is 13.7 Å². The van der Waals surface area contributed by atoms with Crippen LogP contribution in [-0.4, -0.2) is 33.0 Å². The van der Waals surface area contributed by atoms with Gasteiger partial charge in [-0.2, -0.15) is 0 Å². The van der Waals surface area contributed by atoms with E-state index in [9.17, 15) is 13.2 Å². The van der Waals surface area contributed by atoms with E-state index in [1.165, 1.54) is 18.2 Å². The molecule has 34 heavy (non-hydrogen) atoms. The molecule has 0 unspecified atom stereocenters. The number of benzene rings is 2.